The second-order valence-electron chi connectivity index (χ2n) is 9.30. The van der Waals surface area contributed by atoms with Gasteiger partial charge in [-0.05, 0) is 82.6 Å². The van der Waals surface area contributed by atoms with Crippen LogP contribution in [-0.4, -0.2) is 79.2 Å². The molecule has 1 aromatic carbocycles. The number of nitrogens with one attached hydrogen (secondary N) is 1. The standard InChI is InChI=1S/C26H37N5O2.H2/c1-20(2)29-16-12-22(13-17-29)30-14-5-15-31(19-18-30)25-7-4-6-24(28-25)26(32)27-21-8-10-23(33-3)11-9-21;/h4,6-11,20,22H,5,12-19H2,1-3H3,(H,27,32);1H. The summed E-state index contributed by atoms with van der Waals surface area (Å²) in [6, 6.07) is 14.4. The van der Waals surface area contributed by atoms with Gasteiger partial charge in [-0.2, -0.15) is 0 Å². The average Bonchev–Trinajstić information content (AvgIpc) is 3.11. The zero-order valence-electron chi connectivity index (χ0n) is 20.2. The van der Waals surface area contributed by atoms with Gasteiger partial charge in [-0.1, -0.05) is 6.07 Å². The van der Waals surface area contributed by atoms with Crippen LogP contribution in [0.1, 0.15) is 45.0 Å². The molecule has 7 heteroatoms. The molecule has 2 aliphatic heterocycles. The number of piperidine rings is 1. The fourth-order valence-corrected chi connectivity index (χ4v) is 4.89. The van der Waals surface area contributed by atoms with Crippen molar-refractivity contribution in [2.75, 3.05) is 56.6 Å². The molecule has 2 saturated heterocycles. The van der Waals surface area contributed by atoms with Gasteiger partial charge in [-0.3, -0.25) is 9.69 Å². The molecule has 7 nitrogen and oxygen atoms in total. The Kier molecular flexibility index (Phi) is 7.83. The third kappa shape index (κ3) is 6.03. The molecule has 3 heterocycles. The smallest absolute Gasteiger partial charge is 0.274 e. The van der Waals surface area contributed by atoms with Crippen LogP contribution in [-0.2, 0) is 0 Å². The minimum atomic E-state index is -0.199. The van der Waals surface area contributed by atoms with Crippen LogP contribution in [0, 0.1) is 0 Å². The van der Waals surface area contributed by atoms with Gasteiger partial charge in [0.25, 0.3) is 5.91 Å². The molecule has 0 unspecified atom stereocenters. The first kappa shape index (κ1) is 23.5. The molecule has 1 aromatic heterocycles. The predicted octanol–water partition coefficient (Wildman–Crippen LogP) is 3.97. The zero-order valence-corrected chi connectivity index (χ0v) is 20.2. The van der Waals surface area contributed by atoms with E-state index in [1.54, 1.807) is 13.2 Å². The quantitative estimate of drug-likeness (QED) is 0.714. The van der Waals surface area contributed by atoms with Gasteiger partial charge in [-0.25, -0.2) is 4.98 Å². The fraction of sp³-hybridized carbons (Fsp3) is 0.538. The molecule has 0 atom stereocenters. The number of hydrogen-bond donors (Lipinski definition) is 1. The van der Waals surface area contributed by atoms with Crippen molar-refractivity contribution in [3.05, 3.63) is 48.2 Å². The summed E-state index contributed by atoms with van der Waals surface area (Å²) < 4.78 is 5.18. The van der Waals surface area contributed by atoms with Crippen molar-refractivity contribution in [2.45, 2.75) is 45.2 Å². The average molecular weight is 454 g/mol. The molecule has 0 spiro atoms. The Morgan fingerprint density at radius 2 is 1.79 bits per heavy atom. The van der Waals surface area contributed by atoms with Gasteiger partial charge in [0.1, 0.15) is 17.3 Å². The van der Waals surface area contributed by atoms with Crippen molar-refractivity contribution < 1.29 is 11.0 Å². The number of benzene rings is 1. The Morgan fingerprint density at radius 1 is 1.03 bits per heavy atom. The molecule has 0 saturated carbocycles. The van der Waals surface area contributed by atoms with E-state index in [0.717, 1.165) is 49.9 Å². The number of pyridine rings is 1. The molecular formula is C26H39N5O2. The van der Waals surface area contributed by atoms with Crippen molar-refractivity contribution >= 4 is 17.4 Å². The topological polar surface area (TPSA) is 60.9 Å². The van der Waals surface area contributed by atoms with E-state index in [4.69, 9.17) is 9.72 Å². The summed E-state index contributed by atoms with van der Waals surface area (Å²) in [5.41, 5.74) is 1.16. The first-order valence-electron chi connectivity index (χ1n) is 12.2. The third-order valence-electron chi connectivity index (χ3n) is 6.92. The Labute approximate surface area is 199 Å². The number of hydrogen-bond acceptors (Lipinski definition) is 6. The van der Waals surface area contributed by atoms with Gasteiger partial charge in [0.15, 0.2) is 0 Å². The van der Waals surface area contributed by atoms with Gasteiger partial charge < -0.3 is 19.9 Å². The van der Waals surface area contributed by atoms with E-state index >= 15 is 0 Å². The van der Waals surface area contributed by atoms with Crippen LogP contribution in [0.4, 0.5) is 11.5 Å². The number of ether oxygens (including phenoxy) is 1. The molecule has 2 fully saturated rings. The van der Waals surface area contributed by atoms with Crippen molar-refractivity contribution in [3.63, 3.8) is 0 Å². The highest BCUT2D eigenvalue weighted by Crippen LogP contribution is 2.22. The maximum absolute atomic E-state index is 12.8. The first-order valence-corrected chi connectivity index (χ1v) is 12.2. The van der Waals surface area contributed by atoms with E-state index in [0.29, 0.717) is 17.8 Å². The number of methoxy groups -OCH3 is 1. The second kappa shape index (κ2) is 11.0. The number of rotatable bonds is 6. The van der Waals surface area contributed by atoms with Gasteiger partial charge >= 0.3 is 0 Å². The molecule has 180 valence electrons. The summed E-state index contributed by atoms with van der Waals surface area (Å²) in [6.45, 7) is 11.1. The van der Waals surface area contributed by atoms with E-state index in [9.17, 15) is 4.79 Å². The number of nitrogens with zero attached hydrogens (tertiary/aromatic N) is 4. The van der Waals surface area contributed by atoms with Gasteiger partial charge in [0.2, 0.25) is 0 Å². The third-order valence-corrected chi connectivity index (χ3v) is 6.92. The summed E-state index contributed by atoms with van der Waals surface area (Å²) >= 11 is 0. The van der Waals surface area contributed by atoms with E-state index in [1.165, 1.54) is 25.9 Å². The zero-order chi connectivity index (χ0) is 23.2. The predicted molar refractivity (Wildman–Crippen MR) is 135 cm³/mol. The van der Waals surface area contributed by atoms with Crippen LogP contribution >= 0.6 is 0 Å². The van der Waals surface area contributed by atoms with Crippen molar-refractivity contribution in [1.29, 1.82) is 0 Å². The highest BCUT2D eigenvalue weighted by molar-refractivity contribution is 6.03. The van der Waals surface area contributed by atoms with Gasteiger partial charge in [0.05, 0.1) is 7.11 Å². The lowest BCUT2D eigenvalue weighted by Crippen LogP contribution is -2.47. The molecule has 0 aliphatic carbocycles. The van der Waals surface area contributed by atoms with Gasteiger partial charge in [0, 0.05) is 45.4 Å². The van der Waals surface area contributed by atoms with Crippen LogP contribution in [0.2, 0.25) is 0 Å². The lowest BCUT2D eigenvalue weighted by Gasteiger charge is -2.39. The molecule has 4 rings (SSSR count). The summed E-state index contributed by atoms with van der Waals surface area (Å²) in [5, 5.41) is 2.93. The van der Waals surface area contributed by atoms with E-state index in [-0.39, 0.29) is 7.33 Å². The number of amides is 1. The first-order chi connectivity index (χ1) is 16.0. The molecular weight excluding hydrogens is 414 g/mol. The van der Waals surface area contributed by atoms with E-state index in [2.05, 4.69) is 33.9 Å². The largest absolute Gasteiger partial charge is 0.497 e. The van der Waals surface area contributed by atoms with Crippen molar-refractivity contribution in [2.24, 2.45) is 0 Å². The van der Waals surface area contributed by atoms with Crippen LogP contribution in [0.15, 0.2) is 42.5 Å². The minimum absolute atomic E-state index is 0. The number of aromatic nitrogens is 1. The summed E-state index contributed by atoms with van der Waals surface area (Å²) in [7, 11) is 1.63. The number of carbonyl (C=O) groups excluding carboxylic acids is 1. The molecule has 1 amide bonds. The highest BCUT2D eigenvalue weighted by atomic mass is 16.5. The lowest BCUT2D eigenvalue weighted by atomic mass is 10.0. The Morgan fingerprint density at radius 3 is 2.48 bits per heavy atom. The lowest BCUT2D eigenvalue weighted by molar-refractivity contribution is 0.0965. The fourth-order valence-electron chi connectivity index (χ4n) is 4.89. The van der Waals surface area contributed by atoms with Crippen molar-refractivity contribution in [1.82, 2.24) is 14.8 Å². The molecule has 2 aromatic rings. The Bertz CT molecular complexity index is 916. The van der Waals surface area contributed by atoms with Crippen molar-refractivity contribution in [3.8, 4) is 5.75 Å². The molecule has 33 heavy (non-hydrogen) atoms. The number of anilines is 2. The maximum Gasteiger partial charge on any atom is 0.274 e. The highest BCUT2D eigenvalue weighted by Gasteiger charge is 2.27. The van der Waals surface area contributed by atoms with Gasteiger partial charge in [-0.15, -0.1) is 0 Å². The molecule has 0 radical (unpaired) electrons. The SMILES string of the molecule is COc1ccc(NC(=O)c2cccc(N3CCCN(C4CCN(C(C)C)CC4)CC3)n2)cc1.[HH]. The monoisotopic (exact) mass is 453 g/mol. The molecule has 2 aliphatic rings. The Balaban J connectivity index is 0.00000324. The van der Waals surface area contributed by atoms with E-state index < -0.39 is 0 Å². The van der Waals surface area contributed by atoms with Crippen LogP contribution in [0.5, 0.6) is 5.75 Å². The summed E-state index contributed by atoms with van der Waals surface area (Å²) in [6.07, 6.45) is 3.64. The summed E-state index contributed by atoms with van der Waals surface area (Å²) in [4.78, 5) is 25.1. The Hall–Kier alpha value is -2.64. The minimum Gasteiger partial charge on any atom is -0.497 e. The van der Waals surface area contributed by atoms with Crippen LogP contribution in [0.25, 0.3) is 0 Å². The molecule has 0 bridgehead atoms. The van der Waals surface area contributed by atoms with Crippen LogP contribution in [0.3, 0.4) is 0 Å². The normalized spacial score (nSPS) is 18.8. The van der Waals surface area contributed by atoms with E-state index in [1.807, 2.05) is 36.4 Å². The number of likely N-dealkylation sites (tertiary alicyclic amines) is 1. The maximum atomic E-state index is 12.8. The molecule has 1 N–H and O–H groups in total. The second-order valence-corrected chi connectivity index (χ2v) is 9.30. The van der Waals surface area contributed by atoms with Crippen LogP contribution < -0.4 is 15.0 Å². The number of carbonyl (C=O) groups is 1. The summed E-state index contributed by atoms with van der Waals surface area (Å²) in [5.74, 6) is 1.44.